The zero-order valence-electron chi connectivity index (χ0n) is 11.5. The highest BCUT2D eigenvalue weighted by atomic mass is 16.6. The molecule has 0 amide bonds. The van der Waals surface area contributed by atoms with Crippen LogP contribution in [0.4, 0.5) is 5.69 Å². The van der Waals surface area contributed by atoms with Crippen molar-refractivity contribution in [2.75, 3.05) is 6.61 Å². The Hall–Kier alpha value is -2.09. The summed E-state index contributed by atoms with van der Waals surface area (Å²) in [6, 6.07) is 6.80. The number of hydrogen-bond donors (Lipinski definition) is 0. The number of ether oxygens (including phenoxy) is 1. The second-order valence-corrected chi connectivity index (χ2v) is 5.15. The summed E-state index contributed by atoms with van der Waals surface area (Å²) < 4.78 is 5.55. The number of nitro benzene ring substituents is 1. The van der Waals surface area contributed by atoms with Crippen LogP contribution < -0.4 is 4.74 Å². The van der Waals surface area contributed by atoms with Crippen molar-refractivity contribution in [3.05, 3.63) is 33.9 Å². The molecule has 102 valence electrons. The molecule has 0 atom stereocenters. The van der Waals surface area contributed by atoms with Gasteiger partial charge in [-0.2, -0.15) is 5.26 Å². The highest BCUT2D eigenvalue weighted by molar-refractivity contribution is 5.43. The summed E-state index contributed by atoms with van der Waals surface area (Å²) in [5.74, 6) is 0.531. The first-order valence-corrected chi connectivity index (χ1v) is 6.15. The van der Waals surface area contributed by atoms with E-state index in [0.29, 0.717) is 12.4 Å². The van der Waals surface area contributed by atoms with Gasteiger partial charge in [-0.25, -0.2) is 0 Å². The first kappa shape index (κ1) is 15.0. The van der Waals surface area contributed by atoms with Crippen molar-refractivity contribution in [2.24, 2.45) is 5.41 Å². The molecule has 5 heteroatoms. The van der Waals surface area contributed by atoms with Gasteiger partial charge in [0.05, 0.1) is 29.1 Å². The van der Waals surface area contributed by atoms with Crippen molar-refractivity contribution in [3.63, 3.8) is 0 Å². The number of non-ortho nitro benzene ring substituents is 1. The van der Waals surface area contributed by atoms with Gasteiger partial charge in [0.1, 0.15) is 5.75 Å². The van der Waals surface area contributed by atoms with Crippen molar-refractivity contribution < 1.29 is 9.66 Å². The maximum atomic E-state index is 10.7. The van der Waals surface area contributed by atoms with Crippen molar-refractivity contribution in [2.45, 2.75) is 33.6 Å². The molecule has 1 rings (SSSR count). The van der Waals surface area contributed by atoms with Crippen LogP contribution in [-0.4, -0.2) is 11.5 Å². The predicted octanol–water partition coefficient (Wildman–Crippen LogP) is 3.61. The van der Waals surface area contributed by atoms with Crippen molar-refractivity contribution in [1.82, 2.24) is 0 Å². The van der Waals surface area contributed by atoms with E-state index in [4.69, 9.17) is 10.00 Å². The lowest BCUT2D eigenvalue weighted by atomic mass is 9.90. The second-order valence-electron chi connectivity index (χ2n) is 5.15. The van der Waals surface area contributed by atoms with E-state index >= 15 is 0 Å². The van der Waals surface area contributed by atoms with E-state index in [0.717, 1.165) is 18.4 Å². The van der Waals surface area contributed by atoms with E-state index in [9.17, 15) is 10.1 Å². The van der Waals surface area contributed by atoms with Crippen LogP contribution >= 0.6 is 0 Å². The van der Waals surface area contributed by atoms with Crippen LogP contribution in [0.5, 0.6) is 5.75 Å². The fraction of sp³-hybridized carbons (Fsp3) is 0.500. The third kappa shape index (κ3) is 4.59. The van der Waals surface area contributed by atoms with Crippen LogP contribution in [0.3, 0.4) is 0 Å². The molecule has 19 heavy (non-hydrogen) atoms. The number of nitrogens with zero attached hydrogens (tertiary/aromatic N) is 2. The number of hydrogen-bond acceptors (Lipinski definition) is 4. The maximum absolute atomic E-state index is 10.7. The zero-order valence-corrected chi connectivity index (χ0v) is 11.5. The van der Waals surface area contributed by atoms with Crippen LogP contribution in [0, 0.1) is 33.8 Å². The number of nitro groups is 1. The van der Waals surface area contributed by atoms with Gasteiger partial charge in [0.25, 0.3) is 5.69 Å². The summed E-state index contributed by atoms with van der Waals surface area (Å²) >= 11 is 0. The van der Waals surface area contributed by atoms with Gasteiger partial charge in [-0.3, -0.25) is 10.1 Å². The Morgan fingerprint density at radius 1 is 1.47 bits per heavy atom. The lowest BCUT2D eigenvalue weighted by Gasteiger charge is -2.15. The van der Waals surface area contributed by atoms with E-state index in [2.05, 4.69) is 6.07 Å². The van der Waals surface area contributed by atoms with Gasteiger partial charge < -0.3 is 4.74 Å². The third-order valence-electron chi connectivity index (χ3n) is 2.89. The fourth-order valence-corrected chi connectivity index (χ4v) is 1.61. The Labute approximate surface area is 113 Å². The van der Waals surface area contributed by atoms with E-state index in [-0.39, 0.29) is 11.1 Å². The van der Waals surface area contributed by atoms with Gasteiger partial charge in [0.15, 0.2) is 0 Å². The molecule has 0 aliphatic carbocycles. The minimum atomic E-state index is -0.439. The topological polar surface area (TPSA) is 76.2 Å². The molecule has 1 aromatic rings. The molecular formula is C14H18N2O3. The molecule has 0 heterocycles. The number of benzene rings is 1. The Kier molecular flexibility index (Phi) is 4.87. The SMILES string of the molecule is Cc1ccc([N+](=O)[O-])cc1OCCCC(C)(C)C#N. The van der Waals surface area contributed by atoms with Crippen LogP contribution in [-0.2, 0) is 0 Å². The van der Waals surface area contributed by atoms with Crippen molar-refractivity contribution in [1.29, 1.82) is 5.26 Å². The second kappa shape index (κ2) is 6.19. The van der Waals surface area contributed by atoms with Gasteiger partial charge in [-0.1, -0.05) is 0 Å². The minimum Gasteiger partial charge on any atom is -0.493 e. The first-order valence-electron chi connectivity index (χ1n) is 6.15. The average Bonchev–Trinajstić information content (AvgIpc) is 2.36. The first-order chi connectivity index (χ1) is 8.85. The van der Waals surface area contributed by atoms with E-state index in [1.807, 2.05) is 20.8 Å². The summed E-state index contributed by atoms with van der Waals surface area (Å²) in [5.41, 5.74) is 0.532. The molecule has 0 saturated heterocycles. The Balaban J connectivity index is 2.56. The lowest BCUT2D eigenvalue weighted by Crippen LogP contribution is -2.10. The molecule has 0 radical (unpaired) electrons. The molecule has 0 saturated carbocycles. The number of nitriles is 1. The van der Waals surface area contributed by atoms with Gasteiger partial charge in [-0.05, 0) is 45.2 Å². The highest BCUT2D eigenvalue weighted by Crippen LogP contribution is 2.25. The zero-order chi connectivity index (χ0) is 14.5. The number of aryl methyl sites for hydroxylation is 1. The smallest absolute Gasteiger partial charge is 0.273 e. The molecule has 0 unspecified atom stereocenters. The standard InChI is InChI=1S/C14H18N2O3/c1-11-5-6-12(16(17)18)9-13(11)19-8-4-7-14(2,3)10-15/h5-6,9H,4,7-8H2,1-3H3. The van der Waals surface area contributed by atoms with Crippen molar-refractivity contribution in [3.8, 4) is 11.8 Å². The maximum Gasteiger partial charge on any atom is 0.273 e. The monoisotopic (exact) mass is 262 g/mol. The largest absolute Gasteiger partial charge is 0.493 e. The van der Waals surface area contributed by atoms with Gasteiger partial charge >= 0.3 is 0 Å². The summed E-state index contributed by atoms with van der Waals surface area (Å²) in [7, 11) is 0. The van der Waals surface area contributed by atoms with E-state index in [1.165, 1.54) is 12.1 Å². The third-order valence-corrected chi connectivity index (χ3v) is 2.89. The van der Waals surface area contributed by atoms with E-state index in [1.54, 1.807) is 6.07 Å². The average molecular weight is 262 g/mol. The summed E-state index contributed by atoms with van der Waals surface area (Å²) in [6.07, 6.45) is 1.47. The van der Waals surface area contributed by atoms with Crippen LogP contribution in [0.25, 0.3) is 0 Å². The number of rotatable bonds is 6. The van der Waals surface area contributed by atoms with Gasteiger partial charge in [0, 0.05) is 6.07 Å². The summed E-state index contributed by atoms with van der Waals surface area (Å²) in [5, 5.41) is 19.6. The predicted molar refractivity (Wildman–Crippen MR) is 72.0 cm³/mol. The fourth-order valence-electron chi connectivity index (χ4n) is 1.61. The summed E-state index contributed by atoms with van der Waals surface area (Å²) in [6.45, 7) is 6.06. The quantitative estimate of drug-likeness (QED) is 0.445. The molecular weight excluding hydrogens is 244 g/mol. The normalized spacial score (nSPS) is 10.8. The van der Waals surface area contributed by atoms with Crippen molar-refractivity contribution >= 4 is 5.69 Å². The molecule has 1 aromatic carbocycles. The molecule has 0 aromatic heterocycles. The molecule has 5 nitrogen and oxygen atoms in total. The van der Waals surface area contributed by atoms with Gasteiger partial charge in [0.2, 0.25) is 0 Å². The Morgan fingerprint density at radius 3 is 2.74 bits per heavy atom. The molecule has 0 bridgehead atoms. The molecule has 0 N–H and O–H groups in total. The molecule has 0 spiro atoms. The lowest BCUT2D eigenvalue weighted by molar-refractivity contribution is -0.384. The van der Waals surface area contributed by atoms with Crippen LogP contribution in [0.15, 0.2) is 18.2 Å². The van der Waals surface area contributed by atoms with E-state index < -0.39 is 4.92 Å². The summed E-state index contributed by atoms with van der Waals surface area (Å²) in [4.78, 5) is 10.2. The molecule has 0 aliphatic rings. The highest BCUT2D eigenvalue weighted by Gasteiger charge is 2.16. The molecule has 0 fully saturated rings. The molecule has 0 aliphatic heterocycles. The van der Waals surface area contributed by atoms with Gasteiger partial charge in [-0.15, -0.1) is 0 Å². The minimum absolute atomic E-state index is 0.0259. The van der Waals surface area contributed by atoms with Crippen LogP contribution in [0.1, 0.15) is 32.3 Å². The Morgan fingerprint density at radius 2 is 2.16 bits per heavy atom. The van der Waals surface area contributed by atoms with Crippen LogP contribution in [0.2, 0.25) is 0 Å². The Bertz CT molecular complexity index is 504.